The van der Waals surface area contributed by atoms with E-state index < -0.39 is 0 Å². The average molecular weight is 350 g/mol. The molecule has 0 radical (unpaired) electrons. The third-order valence-electron chi connectivity index (χ3n) is 5.27. The Hall–Kier alpha value is -2.79. The van der Waals surface area contributed by atoms with Crippen LogP contribution in [0.15, 0.2) is 51.9 Å². The van der Waals surface area contributed by atoms with E-state index in [0.717, 1.165) is 35.5 Å². The summed E-state index contributed by atoms with van der Waals surface area (Å²) in [6.07, 6.45) is 3.14. The summed E-state index contributed by atoms with van der Waals surface area (Å²) < 4.78 is 22.7. The van der Waals surface area contributed by atoms with Crippen molar-refractivity contribution in [2.45, 2.75) is 19.1 Å². The SMILES string of the molecule is COc1ccc(-c2coc3c4c(ccc3c2=O)OC2OCCC2C4)cc1. The van der Waals surface area contributed by atoms with Crippen LogP contribution in [0, 0.1) is 5.92 Å². The highest BCUT2D eigenvalue weighted by Gasteiger charge is 2.36. The minimum absolute atomic E-state index is 0.0380. The molecule has 2 unspecified atom stereocenters. The third-order valence-corrected chi connectivity index (χ3v) is 5.27. The van der Waals surface area contributed by atoms with Crippen LogP contribution in [-0.4, -0.2) is 20.0 Å². The van der Waals surface area contributed by atoms with Gasteiger partial charge in [0.05, 0.1) is 24.7 Å². The van der Waals surface area contributed by atoms with Crippen molar-refractivity contribution in [3.8, 4) is 22.6 Å². The maximum atomic E-state index is 13.0. The molecule has 5 heteroatoms. The van der Waals surface area contributed by atoms with Crippen LogP contribution < -0.4 is 14.9 Å². The first kappa shape index (κ1) is 15.5. The zero-order chi connectivity index (χ0) is 17.7. The van der Waals surface area contributed by atoms with Crippen LogP contribution in [0.25, 0.3) is 22.1 Å². The molecule has 5 rings (SSSR count). The van der Waals surface area contributed by atoms with Gasteiger partial charge in [0.25, 0.3) is 0 Å². The van der Waals surface area contributed by atoms with Crippen molar-refractivity contribution in [2.24, 2.45) is 5.92 Å². The molecule has 0 amide bonds. The van der Waals surface area contributed by atoms with Crippen molar-refractivity contribution in [2.75, 3.05) is 13.7 Å². The largest absolute Gasteiger partial charge is 0.497 e. The topological polar surface area (TPSA) is 57.9 Å². The molecule has 2 atom stereocenters. The second-order valence-corrected chi connectivity index (χ2v) is 6.74. The van der Waals surface area contributed by atoms with E-state index in [1.807, 2.05) is 30.3 Å². The van der Waals surface area contributed by atoms with Crippen LogP contribution in [-0.2, 0) is 11.2 Å². The van der Waals surface area contributed by atoms with Gasteiger partial charge >= 0.3 is 0 Å². The molecule has 2 aliphatic heterocycles. The Balaban J connectivity index is 1.63. The van der Waals surface area contributed by atoms with E-state index >= 15 is 0 Å². The lowest BCUT2D eigenvalue weighted by molar-refractivity contribution is -0.0697. The molecular weight excluding hydrogens is 332 g/mol. The smallest absolute Gasteiger partial charge is 0.203 e. The molecule has 1 fully saturated rings. The zero-order valence-corrected chi connectivity index (χ0v) is 14.4. The van der Waals surface area contributed by atoms with E-state index in [1.54, 1.807) is 19.4 Å². The number of benzene rings is 2. The Labute approximate surface area is 150 Å². The molecule has 0 aliphatic carbocycles. The summed E-state index contributed by atoms with van der Waals surface area (Å²) in [5.41, 5.74) is 2.89. The molecule has 1 aromatic heterocycles. The Morgan fingerprint density at radius 2 is 1.96 bits per heavy atom. The van der Waals surface area contributed by atoms with Crippen LogP contribution in [0.2, 0.25) is 0 Å². The molecule has 0 bridgehead atoms. The van der Waals surface area contributed by atoms with Gasteiger partial charge in [0.2, 0.25) is 11.7 Å². The molecule has 3 aromatic rings. The summed E-state index contributed by atoms with van der Waals surface area (Å²) in [4.78, 5) is 13.0. The molecular formula is C21H18O5. The zero-order valence-electron chi connectivity index (χ0n) is 14.4. The van der Waals surface area contributed by atoms with Gasteiger partial charge in [-0.2, -0.15) is 0 Å². The van der Waals surface area contributed by atoms with Crippen LogP contribution in [0.5, 0.6) is 11.5 Å². The van der Waals surface area contributed by atoms with Gasteiger partial charge in [0, 0.05) is 11.5 Å². The highest BCUT2D eigenvalue weighted by Crippen LogP contribution is 2.39. The van der Waals surface area contributed by atoms with Gasteiger partial charge in [-0.3, -0.25) is 4.79 Å². The van der Waals surface area contributed by atoms with Gasteiger partial charge in [-0.05, 0) is 42.7 Å². The summed E-state index contributed by atoms with van der Waals surface area (Å²) in [6.45, 7) is 0.715. The minimum Gasteiger partial charge on any atom is -0.497 e. The maximum absolute atomic E-state index is 13.0. The molecule has 0 spiro atoms. The van der Waals surface area contributed by atoms with Crippen LogP contribution >= 0.6 is 0 Å². The quantitative estimate of drug-likeness (QED) is 0.704. The summed E-state index contributed by atoms with van der Waals surface area (Å²) in [5.74, 6) is 1.82. The Morgan fingerprint density at radius 1 is 1.12 bits per heavy atom. The predicted octanol–water partition coefficient (Wildman–Crippen LogP) is 3.77. The normalized spacial score (nSPS) is 21.1. The van der Waals surface area contributed by atoms with Crippen molar-refractivity contribution in [1.29, 1.82) is 0 Å². The number of ether oxygens (including phenoxy) is 3. The van der Waals surface area contributed by atoms with Crippen molar-refractivity contribution in [1.82, 2.24) is 0 Å². The van der Waals surface area contributed by atoms with Gasteiger partial charge < -0.3 is 18.6 Å². The van der Waals surface area contributed by atoms with Crippen molar-refractivity contribution in [3.63, 3.8) is 0 Å². The molecule has 0 saturated carbocycles. The fraction of sp³-hybridized carbons (Fsp3) is 0.286. The fourth-order valence-corrected chi connectivity index (χ4v) is 3.84. The first-order chi connectivity index (χ1) is 12.7. The second kappa shape index (κ2) is 5.88. The average Bonchev–Trinajstić information content (AvgIpc) is 3.14. The molecule has 0 N–H and O–H groups in total. The first-order valence-corrected chi connectivity index (χ1v) is 8.74. The molecule has 132 valence electrons. The van der Waals surface area contributed by atoms with E-state index in [9.17, 15) is 4.79 Å². The molecule has 1 saturated heterocycles. The second-order valence-electron chi connectivity index (χ2n) is 6.74. The third kappa shape index (κ3) is 2.31. The Bertz CT molecular complexity index is 1030. The van der Waals surface area contributed by atoms with Crippen molar-refractivity contribution < 1.29 is 18.6 Å². The summed E-state index contributed by atoms with van der Waals surface area (Å²) >= 11 is 0. The minimum atomic E-state index is -0.176. The van der Waals surface area contributed by atoms with E-state index in [4.69, 9.17) is 18.6 Å². The summed E-state index contributed by atoms with van der Waals surface area (Å²) in [5, 5.41) is 0.582. The molecule has 2 aromatic carbocycles. The van der Waals surface area contributed by atoms with E-state index in [2.05, 4.69) is 0 Å². The number of hydrogen-bond acceptors (Lipinski definition) is 5. The van der Waals surface area contributed by atoms with Gasteiger partial charge in [-0.15, -0.1) is 0 Å². The standard InChI is InChI=1S/C21H18O5/c1-23-14-4-2-12(3-5-14)17-11-25-20-15(19(17)22)6-7-18-16(20)10-13-8-9-24-21(13)26-18/h2-7,11,13,21H,8-10H2,1H3. The van der Waals surface area contributed by atoms with Gasteiger partial charge in [-0.25, -0.2) is 0 Å². The Morgan fingerprint density at radius 3 is 2.77 bits per heavy atom. The molecule has 3 heterocycles. The monoisotopic (exact) mass is 350 g/mol. The summed E-state index contributed by atoms with van der Waals surface area (Å²) in [7, 11) is 1.62. The number of methoxy groups -OCH3 is 1. The van der Waals surface area contributed by atoms with Crippen LogP contribution in [0.4, 0.5) is 0 Å². The fourth-order valence-electron chi connectivity index (χ4n) is 3.84. The molecule has 5 nitrogen and oxygen atoms in total. The van der Waals surface area contributed by atoms with Gasteiger partial charge in [0.1, 0.15) is 23.3 Å². The lowest BCUT2D eigenvalue weighted by Crippen LogP contribution is -2.29. The summed E-state index contributed by atoms with van der Waals surface area (Å²) in [6, 6.07) is 11.0. The van der Waals surface area contributed by atoms with Gasteiger partial charge in [0.15, 0.2) is 0 Å². The van der Waals surface area contributed by atoms with E-state index in [-0.39, 0.29) is 11.7 Å². The lowest BCUT2D eigenvalue weighted by Gasteiger charge is -2.27. The maximum Gasteiger partial charge on any atom is 0.203 e. The number of hydrogen-bond donors (Lipinski definition) is 0. The van der Waals surface area contributed by atoms with Crippen molar-refractivity contribution in [3.05, 3.63) is 58.4 Å². The highest BCUT2D eigenvalue weighted by molar-refractivity contribution is 5.86. The van der Waals surface area contributed by atoms with Crippen molar-refractivity contribution >= 4 is 11.0 Å². The van der Waals surface area contributed by atoms with Crippen LogP contribution in [0.3, 0.4) is 0 Å². The van der Waals surface area contributed by atoms with Crippen LogP contribution in [0.1, 0.15) is 12.0 Å². The lowest BCUT2D eigenvalue weighted by atomic mass is 9.92. The number of fused-ring (bicyclic) bond motifs is 4. The Kier molecular flexibility index (Phi) is 3.50. The molecule has 2 aliphatic rings. The van der Waals surface area contributed by atoms with Gasteiger partial charge in [-0.1, -0.05) is 12.1 Å². The highest BCUT2D eigenvalue weighted by atomic mass is 16.7. The molecule has 26 heavy (non-hydrogen) atoms. The van der Waals surface area contributed by atoms with E-state index in [1.165, 1.54) is 0 Å². The predicted molar refractivity (Wildman–Crippen MR) is 96.7 cm³/mol. The number of rotatable bonds is 2. The first-order valence-electron chi connectivity index (χ1n) is 8.74. The van der Waals surface area contributed by atoms with E-state index in [0.29, 0.717) is 29.1 Å².